The van der Waals surface area contributed by atoms with Crippen molar-refractivity contribution in [1.82, 2.24) is 0 Å². The molecule has 202 valence electrons. The van der Waals surface area contributed by atoms with E-state index in [4.69, 9.17) is 14.7 Å². The van der Waals surface area contributed by atoms with Gasteiger partial charge < -0.3 is 14.9 Å². The minimum Gasteiger partial charge on any atom is -0.507 e. The first-order valence-corrected chi connectivity index (χ1v) is 13.6. The van der Waals surface area contributed by atoms with E-state index in [1.54, 1.807) is 19.5 Å². The molecule has 0 atom stereocenters. The number of hydrogen-bond donors (Lipinski definition) is 2. The molecule has 38 heavy (non-hydrogen) atoms. The van der Waals surface area contributed by atoms with Gasteiger partial charge in [-0.25, -0.2) is 0 Å². The molecule has 5 nitrogen and oxygen atoms in total. The van der Waals surface area contributed by atoms with Gasteiger partial charge in [-0.3, -0.25) is 9.98 Å². The predicted molar refractivity (Wildman–Crippen MR) is 160 cm³/mol. The lowest BCUT2D eigenvalue weighted by Gasteiger charge is -2.12. The van der Waals surface area contributed by atoms with Crippen LogP contribution in [0, 0.1) is 11.8 Å². The number of benzene rings is 3. The van der Waals surface area contributed by atoms with Crippen LogP contribution in [0.1, 0.15) is 74.9 Å². The Labute approximate surface area is 228 Å². The molecular weight excluding hydrogens is 472 g/mol. The molecule has 0 aliphatic heterocycles. The Morgan fingerprint density at radius 3 is 1.61 bits per heavy atom. The molecule has 0 bridgehead atoms. The van der Waals surface area contributed by atoms with Gasteiger partial charge in [-0.05, 0) is 84.0 Å². The van der Waals surface area contributed by atoms with Crippen LogP contribution in [0.2, 0.25) is 0 Å². The standard InChI is InChI=1S/C33H42N2O3/c1-8-25-14-23(12-21(3)4)16-27(32(25)36)19-34-30-11-10-29(38-7)18-31(30)35-20-28-17-24(13-22(5)6)15-26(9-2)33(28)37/h10-11,14-22,36-37H,8-9,12-13H2,1-7H3. The van der Waals surface area contributed by atoms with E-state index in [2.05, 4.69) is 39.8 Å². The number of ether oxygens (including phenoxy) is 1. The summed E-state index contributed by atoms with van der Waals surface area (Å²) in [6.07, 6.45) is 6.76. The Bertz CT molecular complexity index is 1310. The Hall–Kier alpha value is -3.60. The number of rotatable bonds is 11. The summed E-state index contributed by atoms with van der Waals surface area (Å²) in [5.41, 5.74) is 6.83. The lowest BCUT2D eigenvalue weighted by molar-refractivity contribution is 0.415. The Morgan fingerprint density at radius 1 is 0.711 bits per heavy atom. The molecule has 0 unspecified atom stereocenters. The van der Waals surface area contributed by atoms with Crippen molar-refractivity contribution in [2.75, 3.05) is 7.11 Å². The molecule has 0 aromatic heterocycles. The van der Waals surface area contributed by atoms with E-state index in [0.29, 0.717) is 40.1 Å². The molecule has 0 fully saturated rings. The monoisotopic (exact) mass is 514 g/mol. The fraction of sp³-hybridized carbons (Fsp3) is 0.394. The van der Waals surface area contributed by atoms with E-state index in [-0.39, 0.29) is 11.5 Å². The SMILES string of the molecule is CCc1cc(CC(C)C)cc(C=Nc2ccc(OC)cc2N=Cc2cc(CC(C)C)cc(CC)c2O)c1O. The summed E-state index contributed by atoms with van der Waals surface area (Å²) in [6.45, 7) is 12.8. The third-order valence-corrected chi connectivity index (χ3v) is 6.47. The van der Waals surface area contributed by atoms with E-state index in [1.807, 2.05) is 44.2 Å². The fourth-order valence-electron chi connectivity index (χ4n) is 4.61. The van der Waals surface area contributed by atoms with Gasteiger partial charge in [0.15, 0.2) is 0 Å². The van der Waals surface area contributed by atoms with Gasteiger partial charge in [0, 0.05) is 29.6 Å². The number of phenols is 2. The molecule has 3 aromatic rings. The predicted octanol–water partition coefficient (Wildman–Crippen LogP) is 8.13. The summed E-state index contributed by atoms with van der Waals surface area (Å²) in [5.74, 6) is 2.22. The summed E-state index contributed by atoms with van der Waals surface area (Å²) in [7, 11) is 1.62. The average Bonchev–Trinajstić information content (AvgIpc) is 2.88. The third-order valence-electron chi connectivity index (χ3n) is 6.47. The number of nitrogens with zero attached hydrogens (tertiary/aromatic N) is 2. The average molecular weight is 515 g/mol. The summed E-state index contributed by atoms with van der Waals surface area (Å²) >= 11 is 0. The first-order chi connectivity index (χ1) is 18.1. The van der Waals surface area contributed by atoms with Crippen LogP contribution in [0.15, 0.2) is 52.4 Å². The zero-order valence-corrected chi connectivity index (χ0v) is 23.9. The molecule has 0 radical (unpaired) electrons. The van der Waals surface area contributed by atoms with Gasteiger partial charge in [-0.1, -0.05) is 53.7 Å². The highest BCUT2D eigenvalue weighted by molar-refractivity contribution is 5.90. The van der Waals surface area contributed by atoms with E-state index in [1.165, 1.54) is 11.1 Å². The second-order valence-electron chi connectivity index (χ2n) is 10.7. The first kappa shape index (κ1) is 29.0. The van der Waals surface area contributed by atoms with Crippen molar-refractivity contribution >= 4 is 23.8 Å². The van der Waals surface area contributed by atoms with Crippen molar-refractivity contribution in [2.45, 2.75) is 67.2 Å². The van der Waals surface area contributed by atoms with Gasteiger partial charge in [-0.15, -0.1) is 0 Å². The van der Waals surface area contributed by atoms with Crippen LogP contribution in [-0.4, -0.2) is 29.8 Å². The summed E-state index contributed by atoms with van der Waals surface area (Å²) in [6, 6.07) is 13.7. The molecular formula is C33H42N2O3. The largest absolute Gasteiger partial charge is 0.507 e. The molecule has 0 saturated carbocycles. The van der Waals surface area contributed by atoms with E-state index >= 15 is 0 Å². The van der Waals surface area contributed by atoms with Gasteiger partial charge in [0.1, 0.15) is 17.2 Å². The van der Waals surface area contributed by atoms with Crippen molar-refractivity contribution < 1.29 is 14.9 Å². The minimum absolute atomic E-state index is 0.260. The van der Waals surface area contributed by atoms with Crippen LogP contribution in [0.5, 0.6) is 17.2 Å². The first-order valence-electron chi connectivity index (χ1n) is 13.6. The Morgan fingerprint density at radius 2 is 1.18 bits per heavy atom. The lowest BCUT2D eigenvalue weighted by atomic mass is 9.96. The van der Waals surface area contributed by atoms with Crippen molar-refractivity contribution in [3.8, 4) is 17.2 Å². The van der Waals surface area contributed by atoms with Gasteiger partial charge in [0.25, 0.3) is 0 Å². The van der Waals surface area contributed by atoms with Crippen molar-refractivity contribution in [3.05, 3.63) is 75.8 Å². The topological polar surface area (TPSA) is 74.4 Å². The van der Waals surface area contributed by atoms with Crippen LogP contribution in [0.3, 0.4) is 0 Å². The quantitative estimate of drug-likeness (QED) is 0.254. The molecule has 2 N–H and O–H groups in total. The number of aryl methyl sites for hydroxylation is 2. The minimum atomic E-state index is 0.260. The third kappa shape index (κ3) is 7.47. The van der Waals surface area contributed by atoms with Crippen LogP contribution >= 0.6 is 0 Å². The highest BCUT2D eigenvalue weighted by Crippen LogP contribution is 2.34. The van der Waals surface area contributed by atoms with E-state index in [0.717, 1.165) is 36.8 Å². The lowest BCUT2D eigenvalue weighted by Crippen LogP contribution is -1.98. The number of phenolic OH excluding ortho intramolecular Hbond substituents is 2. The van der Waals surface area contributed by atoms with Crippen LogP contribution < -0.4 is 4.74 Å². The van der Waals surface area contributed by atoms with Gasteiger partial charge in [0.2, 0.25) is 0 Å². The van der Waals surface area contributed by atoms with Crippen LogP contribution in [0.25, 0.3) is 0 Å². The summed E-state index contributed by atoms with van der Waals surface area (Å²) in [5, 5.41) is 21.7. The molecule has 5 heteroatoms. The Balaban J connectivity index is 2.03. The van der Waals surface area contributed by atoms with Crippen LogP contribution in [0.4, 0.5) is 11.4 Å². The molecule has 0 aliphatic carbocycles. The highest BCUT2D eigenvalue weighted by Gasteiger charge is 2.11. The van der Waals surface area contributed by atoms with E-state index in [9.17, 15) is 10.2 Å². The zero-order valence-electron chi connectivity index (χ0n) is 23.9. The highest BCUT2D eigenvalue weighted by atomic mass is 16.5. The maximum absolute atomic E-state index is 10.8. The molecule has 0 heterocycles. The van der Waals surface area contributed by atoms with E-state index < -0.39 is 0 Å². The fourth-order valence-corrected chi connectivity index (χ4v) is 4.61. The van der Waals surface area contributed by atoms with Crippen molar-refractivity contribution in [2.24, 2.45) is 21.8 Å². The number of aromatic hydroxyl groups is 2. The smallest absolute Gasteiger partial charge is 0.127 e. The normalized spacial score (nSPS) is 11.9. The number of hydrogen-bond acceptors (Lipinski definition) is 5. The van der Waals surface area contributed by atoms with Gasteiger partial charge in [-0.2, -0.15) is 0 Å². The van der Waals surface area contributed by atoms with Gasteiger partial charge in [0.05, 0.1) is 18.5 Å². The number of aliphatic imine (C=N–C) groups is 2. The zero-order chi connectivity index (χ0) is 27.8. The molecule has 3 rings (SSSR count). The maximum atomic E-state index is 10.8. The molecule has 3 aromatic carbocycles. The van der Waals surface area contributed by atoms with Gasteiger partial charge >= 0.3 is 0 Å². The van der Waals surface area contributed by atoms with Crippen LogP contribution in [-0.2, 0) is 25.7 Å². The second kappa shape index (κ2) is 13.3. The summed E-state index contributed by atoms with van der Waals surface area (Å²) < 4.78 is 5.43. The molecule has 0 spiro atoms. The van der Waals surface area contributed by atoms with Crippen molar-refractivity contribution in [1.29, 1.82) is 0 Å². The summed E-state index contributed by atoms with van der Waals surface area (Å²) in [4.78, 5) is 9.44. The molecule has 0 amide bonds. The van der Waals surface area contributed by atoms with Crippen molar-refractivity contribution in [3.63, 3.8) is 0 Å². The Kier molecular flexibility index (Phi) is 10.1. The molecule has 0 saturated heterocycles. The molecule has 0 aliphatic rings. The number of methoxy groups -OCH3 is 1. The maximum Gasteiger partial charge on any atom is 0.127 e. The second-order valence-corrected chi connectivity index (χ2v) is 10.7.